The van der Waals surface area contributed by atoms with Crippen LogP contribution in [0.1, 0.15) is 25.3 Å². The van der Waals surface area contributed by atoms with Gasteiger partial charge >= 0.3 is 0 Å². The third kappa shape index (κ3) is 3.60. The summed E-state index contributed by atoms with van der Waals surface area (Å²) in [6.45, 7) is 9.84. The van der Waals surface area contributed by atoms with Gasteiger partial charge in [0, 0.05) is 25.0 Å². The van der Waals surface area contributed by atoms with Crippen LogP contribution in [-0.4, -0.2) is 44.4 Å². The summed E-state index contributed by atoms with van der Waals surface area (Å²) in [4.78, 5) is 2.40. The molecule has 0 aliphatic carbocycles. The highest BCUT2D eigenvalue weighted by atomic mass is 16.5. The molecule has 0 saturated carbocycles. The molecule has 0 N–H and O–H groups in total. The Morgan fingerprint density at radius 2 is 1.95 bits per heavy atom. The first-order valence-electron chi connectivity index (χ1n) is 8.19. The standard InChI is InChI=1S/C19H25NO2/c1-15(2)17-7-6-16-4-3-5-19(18(16)14-17)22-13-10-20-8-11-21-12-9-20/h3-7,14-15H,8-13H2,1-2H3. The van der Waals surface area contributed by atoms with Crippen molar-refractivity contribution < 1.29 is 9.47 Å². The lowest BCUT2D eigenvalue weighted by Gasteiger charge is -2.26. The van der Waals surface area contributed by atoms with Crippen molar-refractivity contribution in [2.75, 3.05) is 39.5 Å². The average Bonchev–Trinajstić information content (AvgIpc) is 2.55. The summed E-state index contributed by atoms with van der Waals surface area (Å²) >= 11 is 0. The zero-order chi connectivity index (χ0) is 15.4. The van der Waals surface area contributed by atoms with E-state index in [9.17, 15) is 0 Å². The van der Waals surface area contributed by atoms with E-state index in [2.05, 4.69) is 55.1 Å². The van der Waals surface area contributed by atoms with Gasteiger partial charge in [0.05, 0.1) is 13.2 Å². The zero-order valence-corrected chi connectivity index (χ0v) is 13.5. The predicted molar refractivity (Wildman–Crippen MR) is 90.8 cm³/mol. The first-order valence-corrected chi connectivity index (χ1v) is 8.19. The highest BCUT2D eigenvalue weighted by Gasteiger charge is 2.10. The maximum Gasteiger partial charge on any atom is 0.127 e. The molecule has 3 heteroatoms. The van der Waals surface area contributed by atoms with Crippen LogP contribution in [0.25, 0.3) is 10.8 Å². The van der Waals surface area contributed by atoms with Crippen molar-refractivity contribution in [2.45, 2.75) is 19.8 Å². The molecule has 0 unspecified atom stereocenters. The minimum atomic E-state index is 0.533. The van der Waals surface area contributed by atoms with E-state index in [4.69, 9.17) is 9.47 Å². The van der Waals surface area contributed by atoms with Crippen LogP contribution in [0.15, 0.2) is 36.4 Å². The number of ether oxygens (including phenoxy) is 2. The fourth-order valence-electron chi connectivity index (χ4n) is 2.86. The highest BCUT2D eigenvalue weighted by molar-refractivity contribution is 5.89. The quantitative estimate of drug-likeness (QED) is 0.841. The van der Waals surface area contributed by atoms with Gasteiger partial charge in [-0.15, -0.1) is 0 Å². The third-order valence-electron chi connectivity index (χ3n) is 4.30. The van der Waals surface area contributed by atoms with Crippen molar-refractivity contribution in [2.24, 2.45) is 0 Å². The Bertz CT molecular complexity index is 618. The summed E-state index contributed by atoms with van der Waals surface area (Å²) in [6, 6.07) is 13.0. The minimum Gasteiger partial charge on any atom is -0.492 e. The summed E-state index contributed by atoms with van der Waals surface area (Å²) in [5, 5.41) is 2.46. The number of nitrogens with zero attached hydrogens (tertiary/aromatic N) is 1. The molecule has 0 spiro atoms. The first-order chi connectivity index (χ1) is 10.7. The molecule has 0 atom stereocenters. The van der Waals surface area contributed by atoms with Crippen LogP contribution >= 0.6 is 0 Å². The second kappa shape index (κ2) is 7.12. The Hall–Kier alpha value is -1.58. The largest absolute Gasteiger partial charge is 0.492 e. The van der Waals surface area contributed by atoms with Crippen LogP contribution in [0, 0.1) is 0 Å². The van der Waals surface area contributed by atoms with Crippen LogP contribution in [0.5, 0.6) is 5.75 Å². The number of fused-ring (bicyclic) bond motifs is 1. The Kier molecular flexibility index (Phi) is 4.96. The number of hydrogen-bond acceptors (Lipinski definition) is 3. The van der Waals surface area contributed by atoms with Gasteiger partial charge in [0.1, 0.15) is 12.4 Å². The van der Waals surface area contributed by atoms with E-state index < -0.39 is 0 Å². The van der Waals surface area contributed by atoms with Crippen molar-refractivity contribution in [3.63, 3.8) is 0 Å². The number of benzene rings is 2. The predicted octanol–water partition coefficient (Wildman–Crippen LogP) is 3.67. The highest BCUT2D eigenvalue weighted by Crippen LogP contribution is 2.29. The molecule has 1 fully saturated rings. The average molecular weight is 299 g/mol. The third-order valence-corrected chi connectivity index (χ3v) is 4.30. The second-order valence-corrected chi connectivity index (χ2v) is 6.19. The molecule has 0 amide bonds. The topological polar surface area (TPSA) is 21.7 Å². The number of hydrogen-bond donors (Lipinski definition) is 0. The number of rotatable bonds is 5. The molecule has 22 heavy (non-hydrogen) atoms. The van der Waals surface area contributed by atoms with E-state index >= 15 is 0 Å². The van der Waals surface area contributed by atoms with Crippen molar-refractivity contribution in [1.82, 2.24) is 4.90 Å². The summed E-state index contributed by atoms with van der Waals surface area (Å²) < 4.78 is 11.4. The summed E-state index contributed by atoms with van der Waals surface area (Å²) in [5.74, 6) is 1.53. The molecule has 0 radical (unpaired) electrons. The van der Waals surface area contributed by atoms with Gasteiger partial charge in [0.15, 0.2) is 0 Å². The van der Waals surface area contributed by atoms with Crippen LogP contribution < -0.4 is 4.74 Å². The fraction of sp³-hybridized carbons (Fsp3) is 0.474. The lowest BCUT2D eigenvalue weighted by atomic mass is 9.99. The molecule has 3 nitrogen and oxygen atoms in total. The Morgan fingerprint density at radius 1 is 1.14 bits per heavy atom. The van der Waals surface area contributed by atoms with E-state index in [1.54, 1.807) is 0 Å². The number of morpholine rings is 1. The molecule has 2 aromatic carbocycles. The molecular weight excluding hydrogens is 274 g/mol. The summed E-state index contributed by atoms with van der Waals surface area (Å²) in [6.07, 6.45) is 0. The van der Waals surface area contributed by atoms with Crippen LogP contribution in [0.3, 0.4) is 0 Å². The normalized spacial score (nSPS) is 16.3. The Labute approximate surface area is 132 Å². The molecule has 0 aromatic heterocycles. The SMILES string of the molecule is CC(C)c1ccc2cccc(OCCN3CCOCC3)c2c1. The van der Waals surface area contributed by atoms with Gasteiger partial charge in [-0.2, -0.15) is 0 Å². The van der Waals surface area contributed by atoms with Gasteiger partial charge in [0.25, 0.3) is 0 Å². The monoisotopic (exact) mass is 299 g/mol. The maximum absolute atomic E-state index is 6.07. The fourth-order valence-corrected chi connectivity index (χ4v) is 2.86. The van der Waals surface area contributed by atoms with Gasteiger partial charge in [-0.3, -0.25) is 4.90 Å². The molecule has 1 saturated heterocycles. The molecule has 1 aliphatic heterocycles. The van der Waals surface area contributed by atoms with Gasteiger partial charge in [-0.1, -0.05) is 38.1 Å². The van der Waals surface area contributed by atoms with Crippen LogP contribution in [0.2, 0.25) is 0 Å². The van der Waals surface area contributed by atoms with Crippen molar-refractivity contribution in [3.8, 4) is 5.75 Å². The van der Waals surface area contributed by atoms with Gasteiger partial charge < -0.3 is 9.47 Å². The van der Waals surface area contributed by atoms with Crippen molar-refractivity contribution in [1.29, 1.82) is 0 Å². The lowest BCUT2D eigenvalue weighted by Crippen LogP contribution is -2.38. The lowest BCUT2D eigenvalue weighted by molar-refractivity contribution is 0.0323. The molecule has 118 valence electrons. The summed E-state index contributed by atoms with van der Waals surface area (Å²) in [7, 11) is 0. The minimum absolute atomic E-state index is 0.533. The van der Waals surface area contributed by atoms with Crippen LogP contribution in [-0.2, 0) is 4.74 Å². The van der Waals surface area contributed by atoms with E-state index in [0.717, 1.165) is 45.2 Å². The summed E-state index contributed by atoms with van der Waals surface area (Å²) in [5.41, 5.74) is 1.36. The van der Waals surface area contributed by atoms with Crippen LogP contribution in [0.4, 0.5) is 0 Å². The van der Waals surface area contributed by atoms with Gasteiger partial charge in [0.2, 0.25) is 0 Å². The zero-order valence-electron chi connectivity index (χ0n) is 13.5. The Morgan fingerprint density at radius 3 is 2.73 bits per heavy atom. The molecule has 3 rings (SSSR count). The first kappa shape index (κ1) is 15.3. The molecule has 1 aliphatic rings. The van der Waals surface area contributed by atoms with Crippen molar-refractivity contribution >= 4 is 10.8 Å². The van der Waals surface area contributed by atoms with E-state index in [1.165, 1.54) is 16.3 Å². The van der Waals surface area contributed by atoms with E-state index in [0.29, 0.717) is 5.92 Å². The Balaban J connectivity index is 1.70. The molecule has 2 aromatic rings. The van der Waals surface area contributed by atoms with E-state index in [-0.39, 0.29) is 0 Å². The van der Waals surface area contributed by atoms with Gasteiger partial charge in [-0.05, 0) is 29.0 Å². The molecule has 1 heterocycles. The molecule has 0 bridgehead atoms. The van der Waals surface area contributed by atoms with E-state index in [1.807, 2.05) is 0 Å². The second-order valence-electron chi connectivity index (χ2n) is 6.19. The smallest absolute Gasteiger partial charge is 0.127 e. The molecular formula is C19H25NO2. The van der Waals surface area contributed by atoms with Gasteiger partial charge in [-0.25, -0.2) is 0 Å². The maximum atomic E-state index is 6.07. The van der Waals surface area contributed by atoms with Crippen molar-refractivity contribution in [3.05, 3.63) is 42.0 Å².